The minimum absolute atomic E-state index is 0.109. The normalized spacial score (nSPS) is 11.2. The summed E-state index contributed by atoms with van der Waals surface area (Å²) in [5, 5.41) is 1.02. The van der Waals surface area contributed by atoms with Crippen LogP contribution in [0.5, 0.6) is 0 Å². The van der Waals surface area contributed by atoms with Crippen LogP contribution < -0.4 is 4.90 Å². The van der Waals surface area contributed by atoms with E-state index in [9.17, 15) is 8.42 Å². The molecule has 0 aliphatic rings. The molecule has 3 nitrogen and oxygen atoms in total. The predicted molar refractivity (Wildman–Crippen MR) is 73.0 cm³/mol. The Hall–Kier alpha value is -1.29. The van der Waals surface area contributed by atoms with Crippen molar-refractivity contribution in [2.24, 2.45) is 0 Å². The molecular formula is C13H19NO2S. The zero-order chi connectivity index (χ0) is 12.9. The van der Waals surface area contributed by atoms with Gasteiger partial charge in [0.2, 0.25) is 0 Å². The van der Waals surface area contributed by atoms with E-state index >= 15 is 0 Å². The van der Waals surface area contributed by atoms with E-state index in [1.807, 2.05) is 36.9 Å². The molecule has 0 saturated carbocycles. The Balaban J connectivity index is 2.76. The molecule has 1 aromatic rings. The summed E-state index contributed by atoms with van der Waals surface area (Å²) >= 11 is 0. The molecule has 0 aromatic heterocycles. The molecule has 0 fully saturated rings. The van der Waals surface area contributed by atoms with Crippen LogP contribution in [0.2, 0.25) is 0 Å². The number of hydrogen-bond acceptors (Lipinski definition) is 3. The third-order valence-electron chi connectivity index (χ3n) is 2.65. The van der Waals surface area contributed by atoms with E-state index in [1.54, 1.807) is 0 Å². The van der Waals surface area contributed by atoms with E-state index in [0.29, 0.717) is 6.54 Å². The van der Waals surface area contributed by atoms with E-state index in [2.05, 4.69) is 12.6 Å². The molecule has 0 spiro atoms. The first-order chi connectivity index (χ1) is 7.98. The monoisotopic (exact) mass is 253 g/mol. The van der Waals surface area contributed by atoms with Gasteiger partial charge in [0.1, 0.15) is 0 Å². The molecule has 0 bridgehead atoms. The van der Waals surface area contributed by atoms with Crippen molar-refractivity contribution in [3.05, 3.63) is 41.8 Å². The summed E-state index contributed by atoms with van der Waals surface area (Å²) in [4.78, 5) is 2.05. The predicted octanol–water partition coefficient (Wildman–Crippen LogP) is 2.38. The van der Waals surface area contributed by atoms with Gasteiger partial charge in [0.15, 0.2) is 9.84 Å². The lowest BCUT2D eigenvalue weighted by Gasteiger charge is -2.23. The minimum atomic E-state index is -3.12. The minimum Gasteiger partial charge on any atom is -0.371 e. The number of aryl methyl sites for hydroxylation is 1. The summed E-state index contributed by atoms with van der Waals surface area (Å²) in [6, 6.07) is 8.06. The van der Waals surface area contributed by atoms with Crippen molar-refractivity contribution < 1.29 is 8.42 Å². The van der Waals surface area contributed by atoms with Gasteiger partial charge in [0.05, 0.1) is 5.75 Å². The SMILES string of the molecule is C=CS(=O)(=O)CCN(CC)c1cccc(C)c1. The van der Waals surface area contributed by atoms with Gasteiger partial charge in [-0.15, -0.1) is 0 Å². The van der Waals surface area contributed by atoms with Gasteiger partial charge in [-0.05, 0) is 31.5 Å². The second-order valence-electron chi connectivity index (χ2n) is 3.95. The van der Waals surface area contributed by atoms with E-state index in [4.69, 9.17) is 0 Å². The fourth-order valence-electron chi connectivity index (χ4n) is 1.62. The highest BCUT2D eigenvalue weighted by molar-refractivity contribution is 7.94. The lowest BCUT2D eigenvalue weighted by molar-refractivity contribution is 0.603. The lowest BCUT2D eigenvalue weighted by Crippen LogP contribution is -2.28. The number of benzene rings is 1. The van der Waals surface area contributed by atoms with Crippen LogP contribution in [0.15, 0.2) is 36.3 Å². The first kappa shape index (κ1) is 13.8. The second kappa shape index (κ2) is 5.87. The number of hydrogen-bond donors (Lipinski definition) is 0. The zero-order valence-electron chi connectivity index (χ0n) is 10.4. The van der Waals surface area contributed by atoms with Crippen LogP contribution in [0, 0.1) is 6.92 Å². The highest BCUT2D eigenvalue weighted by Crippen LogP contribution is 2.15. The Kier molecular flexibility index (Phi) is 4.75. The van der Waals surface area contributed by atoms with Crippen molar-refractivity contribution in [2.75, 3.05) is 23.7 Å². The number of anilines is 1. The molecule has 0 unspecified atom stereocenters. The van der Waals surface area contributed by atoms with Crippen molar-refractivity contribution in [3.8, 4) is 0 Å². The summed E-state index contributed by atoms with van der Waals surface area (Å²) in [7, 11) is -3.12. The van der Waals surface area contributed by atoms with Crippen LogP contribution >= 0.6 is 0 Å². The number of rotatable bonds is 6. The third-order valence-corrected chi connectivity index (χ3v) is 3.91. The van der Waals surface area contributed by atoms with Gasteiger partial charge >= 0.3 is 0 Å². The Bertz CT molecular complexity index is 480. The van der Waals surface area contributed by atoms with E-state index in [0.717, 1.165) is 17.6 Å². The van der Waals surface area contributed by atoms with Crippen LogP contribution in [0.1, 0.15) is 12.5 Å². The Morgan fingerprint density at radius 1 is 1.41 bits per heavy atom. The average Bonchev–Trinajstić information content (AvgIpc) is 2.30. The second-order valence-corrected chi connectivity index (χ2v) is 6.02. The topological polar surface area (TPSA) is 37.4 Å². The smallest absolute Gasteiger partial charge is 0.172 e. The summed E-state index contributed by atoms with van der Waals surface area (Å²) in [6.07, 6.45) is 0. The van der Waals surface area contributed by atoms with Crippen LogP contribution in [-0.2, 0) is 9.84 Å². The largest absolute Gasteiger partial charge is 0.371 e. The lowest BCUT2D eigenvalue weighted by atomic mass is 10.2. The fourth-order valence-corrected chi connectivity index (χ4v) is 2.26. The van der Waals surface area contributed by atoms with Crippen LogP contribution in [0.3, 0.4) is 0 Å². The van der Waals surface area contributed by atoms with Gasteiger partial charge in [-0.3, -0.25) is 0 Å². The molecule has 0 aliphatic carbocycles. The molecule has 0 radical (unpaired) electrons. The van der Waals surface area contributed by atoms with Gasteiger partial charge in [0, 0.05) is 24.2 Å². The fraction of sp³-hybridized carbons (Fsp3) is 0.385. The average molecular weight is 253 g/mol. The zero-order valence-corrected chi connectivity index (χ0v) is 11.2. The highest BCUT2D eigenvalue weighted by Gasteiger charge is 2.10. The maximum Gasteiger partial charge on any atom is 0.172 e. The standard InChI is InChI=1S/C13H19NO2S/c1-4-14(9-10-17(15,16)5-2)13-8-6-7-12(3)11-13/h5-8,11H,2,4,9-10H2,1,3H3. The maximum atomic E-state index is 11.4. The summed E-state index contributed by atoms with van der Waals surface area (Å²) in [6.45, 7) is 8.64. The summed E-state index contributed by atoms with van der Waals surface area (Å²) < 4.78 is 22.7. The van der Waals surface area contributed by atoms with Crippen LogP contribution in [0.4, 0.5) is 5.69 Å². The quantitative estimate of drug-likeness (QED) is 0.781. The van der Waals surface area contributed by atoms with Crippen molar-refractivity contribution in [1.82, 2.24) is 0 Å². The summed E-state index contributed by atoms with van der Waals surface area (Å²) in [5.41, 5.74) is 2.24. The van der Waals surface area contributed by atoms with Gasteiger partial charge in [0.25, 0.3) is 0 Å². The van der Waals surface area contributed by atoms with Gasteiger partial charge in [-0.1, -0.05) is 18.7 Å². The molecule has 1 aromatic carbocycles. The van der Waals surface area contributed by atoms with E-state index in [1.165, 1.54) is 5.56 Å². The van der Waals surface area contributed by atoms with Gasteiger partial charge in [-0.2, -0.15) is 0 Å². The molecule has 17 heavy (non-hydrogen) atoms. The van der Waals surface area contributed by atoms with Crippen molar-refractivity contribution >= 4 is 15.5 Å². The molecule has 0 saturated heterocycles. The highest BCUT2D eigenvalue weighted by atomic mass is 32.2. The molecule has 4 heteroatoms. The van der Waals surface area contributed by atoms with Crippen molar-refractivity contribution in [3.63, 3.8) is 0 Å². The molecule has 0 heterocycles. The molecule has 0 N–H and O–H groups in total. The summed E-state index contributed by atoms with van der Waals surface area (Å²) in [5.74, 6) is 0.109. The Labute approximate surface area is 104 Å². The van der Waals surface area contributed by atoms with Crippen molar-refractivity contribution in [1.29, 1.82) is 0 Å². The van der Waals surface area contributed by atoms with Crippen LogP contribution in [0.25, 0.3) is 0 Å². The molecular weight excluding hydrogens is 234 g/mol. The molecule has 0 amide bonds. The van der Waals surface area contributed by atoms with Crippen LogP contribution in [-0.4, -0.2) is 27.3 Å². The van der Waals surface area contributed by atoms with E-state index < -0.39 is 9.84 Å². The third kappa shape index (κ3) is 4.23. The van der Waals surface area contributed by atoms with Crippen molar-refractivity contribution in [2.45, 2.75) is 13.8 Å². The number of nitrogens with zero attached hydrogens (tertiary/aromatic N) is 1. The first-order valence-corrected chi connectivity index (χ1v) is 7.37. The molecule has 0 atom stereocenters. The van der Waals surface area contributed by atoms with Gasteiger partial charge in [-0.25, -0.2) is 8.42 Å². The molecule has 1 rings (SSSR count). The maximum absolute atomic E-state index is 11.4. The Morgan fingerprint density at radius 2 is 2.12 bits per heavy atom. The van der Waals surface area contributed by atoms with E-state index in [-0.39, 0.29) is 5.75 Å². The number of sulfone groups is 1. The van der Waals surface area contributed by atoms with Gasteiger partial charge < -0.3 is 4.90 Å². The molecule has 94 valence electrons. The molecule has 0 aliphatic heterocycles. The Morgan fingerprint density at radius 3 is 2.65 bits per heavy atom. The first-order valence-electron chi connectivity index (χ1n) is 5.65.